The molecule has 0 saturated heterocycles. The number of para-hydroxylation sites is 2. The molecule has 0 aliphatic carbocycles. The molecule has 0 fully saturated rings. The Hall–Kier alpha value is -5.32. The smallest absolute Gasteiger partial charge is 0.352 e. The summed E-state index contributed by atoms with van der Waals surface area (Å²) in [7, 11) is 0. The van der Waals surface area contributed by atoms with Crippen LogP contribution in [0.15, 0.2) is 116 Å². The molecule has 2 unspecified atom stereocenters. The van der Waals surface area contributed by atoms with Crippen LogP contribution >= 0.6 is 0 Å². The molecular weight excluding hydrogens is 500 g/mol. The summed E-state index contributed by atoms with van der Waals surface area (Å²) in [5.41, 5.74) is 0.130. The molecule has 0 radical (unpaired) electrons. The third-order valence-electron chi connectivity index (χ3n) is 7.44. The topological polar surface area (TPSA) is 118 Å². The van der Waals surface area contributed by atoms with Crippen LogP contribution in [-0.4, -0.2) is 33.0 Å². The van der Waals surface area contributed by atoms with E-state index in [-0.39, 0.29) is 18.8 Å². The lowest BCUT2D eigenvalue weighted by molar-refractivity contribution is 0.246. The highest BCUT2D eigenvalue weighted by molar-refractivity contribution is 5.38. The lowest BCUT2D eigenvalue weighted by Crippen LogP contribution is -2.46. The van der Waals surface area contributed by atoms with E-state index in [2.05, 4.69) is 0 Å². The molecule has 2 atom stereocenters. The zero-order chi connectivity index (χ0) is 26.8. The van der Waals surface area contributed by atoms with Crippen LogP contribution in [0.2, 0.25) is 0 Å². The van der Waals surface area contributed by atoms with Gasteiger partial charge in [-0.15, -0.1) is 0 Å². The van der Waals surface area contributed by atoms with Gasteiger partial charge in [0.05, 0.1) is 30.5 Å². The second-order valence-electron chi connectivity index (χ2n) is 9.54. The number of nitrogens with zero attached hydrogens (tertiary/aromatic N) is 6. The molecule has 194 valence electrons. The minimum atomic E-state index is -0.745. The van der Waals surface area contributed by atoms with Gasteiger partial charge in [-0.3, -0.25) is 0 Å². The van der Waals surface area contributed by atoms with E-state index in [1.54, 1.807) is 72.8 Å². The molecule has 0 bridgehead atoms. The van der Waals surface area contributed by atoms with Gasteiger partial charge in [0.1, 0.15) is 11.8 Å². The van der Waals surface area contributed by atoms with Crippen LogP contribution in [0, 0.1) is 0 Å². The van der Waals surface area contributed by atoms with Crippen molar-refractivity contribution in [1.82, 2.24) is 27.9 Å². The highest BCUT2D eigenvalue weighted by Gasteiger charge is 2.41. The maximum absolute atomic E-state index is 13.8. The maximum atomic E-state index is 13.8. The molecule has 2 aliphatic rings. The monoisotopic (exact) mass is 522 g/mol. The van der Waals surface area contributed by atoms with Gasteiger partial charge in [0.25, 0.3) is 0 Å². The largest absolute Gasteiger partial charge is 0.508 e. The number of phenols is 1. The first-order chi connectivity index (χ1) is 19.0. The average molecular weight is 523 g/mol. The van der Waals surface area contributed by atoms with Gasteiger partial charge in [0.2, 0.25) is 0 Å². The van der Waals surface area contributed by atoms with Gasteiger partial charge in [-0.05, 0) is 47.5 Å². The highest BCUT2D eigenvalue weighted by atomic mass is 16.3. The SMILES string of the molecule is O=c1n(-c2ccccc2)c(=O)n2n1CC=C1C2Cn2c(=O)n(-c3ccccc3)c(=O)n2C1c1ccc(O)cc1. The fraction of sp³-hybridized carbons (Fsp3) is 0.143. The Kier molecular flexibility index (Phi) is 4.89. The standard InChI is InChI=1S/C28H22N6O5/c35-21-13-11-18(12-14-21)24-22-15-16-29-25(36)31(19-7-3-1-4-8-19)27(38)33(29)23(22)17-30-26(37)32(28(39)34(24)30)20-9-5-2-6-10-20/h1-15,23-24,35H,16-17H2. The highest BCUT2D eigenvalue weighted by Crippen LogP contribution is 2.38. The van der Waals surface area contributed by atoms with Crippen molar-refractivity contribution in [3.63, 3.8) is 0 Å². The van der Waals surface area contributed by atoms with Gasteiger partial charge >= 0.3 is 22.8 Å². The fourth-order valence-electron chi connectivity index (χ4n) is 5.71. The Morgan fingerprint density at radius 3 is 1.74 bits per heavy atom. The van der Waals surface area contributed by atoms with Crippen LogP contribution in [0.3, 0.4) is 0 Å². The van der Waals surface area contributed by atoms with Crippen LogP contribution in [-0.2, 0) is 13.1 Å². The molecule has 3 aromatic carbocycles. The number of aromatic hydroxyl groups is 1. The zero-order valence-electron chi connectivity index (χ0n) is 20.5. The van der Waals surface area contributed by atoms with Gasteiger partial charge in [0, 0.05) is 0 Å². The van der Waals surface area contributed by atoms with E-state index in [9.17, 15) is 24.3 Å². The van der Waals surface area contributed by atoms with Crippen LogP contribution in [0.1, 0.15) is 17.6 Å². The Labute approximate surface area is 219 Å². The van der Waals surface area contributed by atoms with Crippen LogP contribution in [0.25, 0.3) is 11.4 Å². The zero-order valence-corrected chi connectivity index (χ0v) is 20.5. The second kappa shape index (κ2) is 8.35. The molecule has 0 spiro atoms. The van der Waals surface area contributed by atoms with Crippen molar-refractivity contribution < 1.29 is 5.11 Å². The molecule has 4 heterocycles. The van der Waals surface area contributed by atoms with Gasteiger partial charge < -0.3 is 5.11 Å². The number of rotatable bonds is 3. The van der Waals surface area contributed by atoms with Gasteiger partial charge in [0.15, 0.2) is 0 Å². The molecule has 39 heavy (non-hydrogen) atoms. The maximum Gasteiger partial charge on any atom is 0.352 e. The van der Waals surface area contributed by atoms with E-state index < -0.39 is 34.8 Å². The van der Waals surface area contributed by atoms with Crippen molar-refractivity contribution in [2.24, 2.45) is 0 Å². The average Bonchev–Trinajstić information content (AvgIpc) is 3.37. The summed E-state index contributed by atoms with van der Waals surface area (Å²) in [6.07, 6.45) is 1.85. The lowest BCUT2D eigenvalue weighted by Gasteiger charge is -2.37. The van der Waals surface area contributed by atoms with Gasteiger partial charge in [-0.25, -0.2) is 47.0 Å². The number of aromatic nitrogens is 6. The van der Waals surface area contributed by atoms with Crippen molar-refractivity contribution in [2.75, 3.05) is 0 Å². The van der Waals surface area contributed by atoms with Crippen molar-refractivity contribution in [3.05, 3.63) is 144 Å². The first-order valence-corrected chi connectivity index (χ1v) is 12.4. The normalized spacial score (nSPS) is 17.7. The Balaban J connectivity index is 1.49. The molecule has 0 amide bonds. The Morgan fingerprint density at radius 2 is 1.15 bits per heavy atom. The number of fused-ring (bicyclic) bond motifs is 4. The number of hydrogen-bond donors (Lipinski definition) is 1. The van der Waals surface area contributed by atoms with E-state index >= 15 is 0 Å². The Bertz CT molecular complexity index is 2000. The lowest BCUT2D eigenvalue weighted by atomic mass is 9.90. The summed E-state index contributed by atoms with van der Waals surface area (Å²) in [6.45, 7) is 0.0964. The molecule has 7 rings (SSSR count). The Morgan fingerprint density at radius 1 is 0.615 bits per heavy atom. The number of allylic oxidation sites excluding steroid dienone is 2. The van der Waals surface area contributed by atoms with E-state index in [0.29, 0.717) is 22.5 Å². The fourth-order valence-corrected chi connectivity index (χ4v) is 5.71. The minimum Gasteiger partial charge on any atom is -0.508 e. The number of benzene rings is 3. The first-order valence-electron chi connectivity index (χ1n) is 12.4. The predicted octanol–water partition coefficient (Wildman–Crippen LogP) is 1.40. The summed E-state index contributed by atoms with van der Waals surface area (Å²) >= 11 is 0. The van der Waals surface area contributed by atoms with E-state index in [0.717, 1.165) is 9.13 Å². The van der Waals surface area contributed by atoms with E-state index in [4.69, 9.17) is 0 Å². The van der Waals surface area contributed by atoms with Crippen molar-refractivity contribution in [2.45, 2.75) is 25.2 Å². The van der Waals surface area contributed by atoms with Crippen molar-refractivity contribution in [1.29, 1.82) is 0 Å². The van der Waals surface area contributed by atoms with Crippen molar-refractivity contribution >= 4 is 0 Å². The molecule has 11 nitrogen and oxygen atoms in total. The molecule has 0 saturated carbocycles. The summed E-state index contributed by atoms with van der Waals surface area (Å²) in [6, 6.07) is 22.3. The van der Waals surface area contributed by atoms with E-state index in [1.165, 1.54) is 30.9 Å². The molecule has 2 aliphatic heterocycles. The molecule has 11 heteroatoms. The summed E-state index contributed by atoms with van der Waals surface area (Å²) in [5, 5.41) is 9.91. The first kappa shape index (κ1) is 22.8. The molecule has 2 aromatic heterocycles. The molecule has 1 N–H and O–H groups in total. The summed E-state index contributed by atoms with van der Waals surface area (Å²) < 4.78 is 7.71. The van der Waals surface area contributed by atoms with Crippen LogP contribution < -0.4 is 22.8 Å². The quantitative estimate of drug-likeness (QED) is 0.360. The minimum absolute atomic E-state index is 0.0214. The van der Waals surface area contributed by atoms with Crippen LogP contribution in [0.4, 0.5) is 0 Å². The summed E-state index contributed by atoms with van der Waals surface area (Å²) in [4.78, 5) is 54.7. The van der Waals surface area contributed by atoms with E-state index in [1.807, 2.05) is 6.08 Å². The third kappa shape index (κ3) is 3.22. The predicted molar refractivity (Wildman–Crippen MR) is 142 cm³/mol. The number of phenolic OH excluding ortho intramolecular Hbond substituents is 1. The van der Waals surface area contributed by atoms with Crippen LogP contribution in [0.5, 0.6) is 5.75 Å². The molecular formula is C28H22N6O5. The number of hydrogen-bond acceptors (Lipinski definition) is 5. The third-order valence-corrected chi connectivity index (χ3v) is 7.44. The van der Waals surface area contributed by atoms with Gasteiger partial charge in [-0.1, -0.05) is 54.6 Å². The van der Waals surface area contributed by atoms with Gasteiger partial charge in [-0.2, -0.15) is 0 Å². The summed E-state index contributed by atoms with van der Waals surface area (Å²) in [5.74, 6) is 0.0559. The second-order valence-corrected chi connectivity index (χ2v) is 9.54. The molecule has 5 aromatic rings. The van der Waals surface area contributed by atoms with Crippen molar-refractivity contribution in [3.8, 4) is 17.1 Å².